The highest BCUT2D eigenvalue weighted by Crippen LogP contribution is 2.19. The Bertz CT molecular complexity index is 774. The Balaban J connectivity index is 2.25. The van der Waals surface area contributed by atoms with Gasteiger partial charge in [-0.25, -0.2) is 13.4 Å². The standard InChI is InChI=1S/C15H18N4O3S/c1-3-19(4-2)23(21,22)13-7-5-6-12(10-13)18-15(20)14-11-16-8-9-17-14/h5-11H,3-4H2,1-2H3,(H,18,20). The van der Waals surface area contributed by atoms with Gasteiger partial charge in [0.2, 0.25) is 10.0 Å². The van der Waals surface area contributed by atoms with Crippen molar-refractivity contribution in [1.29, 1.82) is 0 Å². The Kier molecular flexibility index (Phi) is 5.41. The van der Waals surface area contributed by atoms with Crippen molar-refractivity contribution in [3.8, 4) is 0 Å². The zero-order chi connectivity index (χ0) is 16.9. The second-order valence-corrected chi connectivity index (χ2v) is 6.60. The van der Waals surface area contributed by atoms with Crippen LogP contribution in [0.3, 0.4) is 0 Å². The molecule has 0 aliphatic heterocycles. The number of anilines is 1. The molecule has 1 heterocycles. The Hall–Kier alpha value is -2.32. The Morgan fingerprint density at radius 1 is 1.22 bits per heavy atom. The van der Waals surface area contributed by atoms with E-state index in [1.807, 2.05) is 0 Å². The lowest BCUT2D eigenvalue weighted by Crippen LogP contribution is -2.30. The Labute approximate surface area is 135 Å². The van der Waals surface area contributed by atoms with Crippen molar-refractivity contribution in [1.82, 2.24) is 14.3 Å². The summed E-state index contributed by atoms with van der Waals surface area (Å²) in [6.45, 7) is 4.32. The molecular weight excluding hydrogens is 316 g/mol. The van der Waals surface area contributed by atoms with Crippen molar-refractivity contribution < 1.29 is 13.2 Å². The van der Waals surface area contributed by atoms with Gasteiger partial charge in [-0.2, -0.15) is 4.31 Å². The Morgan fingerprint density at radius 2 is 1.96 bits per heavy atom. The highest BCUT2D eigenvalue weighted by atomic mass is 32.2. The van der Waals surface area contributed by atoms with Gasteiger partial charge in [-0.3, -0.25) is 9.78 Å². The van der Waals surface area contributed by atoms with Crippen LogP contribution in [0.4, 0.5) is 5.69 Å². The number of amides is 1. The minimum atomic E-state index is -3.57. The van der Waals surface area contributed by atoms with Gasteiger partial charge >= 0.3 is 0 Å². The SMILES string of the molecule is CCN(CC)S(=O)(=O)c1cccc(NC(=O)c2cnccn2)c1. The predicted octanol–water partition coefficient (Wildman–Crippen LogP) is 1.76. The molecule has 122 valence electrons. The van der Waals surface area contributed by atoms with Crippen LogP contribution in [0.15, 0.2) is 47.8 Å². The Morgan fingerprint density at radius 3 is 2.57 bits per heavy atom. The number of nitrogens with one attached hydrogen (secondary N) is 1. The molecule has 1 amide bonds. The first kappa shape index (κ1) is 17.0. The molecule has 0 atom stereocenters. The predicted molar refractivity (Wildman–Crippen MR) is 86.5 cm³/mol. The third kappa shape index (κ3) is 3.91. The molecule has 0 aliphatic carbocycles. The first-order chi connectivity index (χ1) is 11.0. The smallest absolute Gasteiger partial charge is 0.275 e. The average Bonchev–Trinajstić information content (AvgIpc) is 2.57. The lowest BCUT2D eigenvalue weighted by atomic mass is 10.3. The van der Waals surface area contributed by atoms with Gasteiger partial charge in [0.25, 0.3) is 5.91 Å². The number of rotatable bonds is 6. The lowest BCUT2D eigenvalue weighted by molar-refractivity contribution is 0.102. The summed E-state index contributed by atoms with van der Waals surface area (Å²) in [6, 6.07) is 6.14. The molecule has 2 rings (SSSR count). The van der Waals surface area contributed by atoms with E-state index in [1.54, 1.807) is 26.0 Å². The summed E-state index contributed by atoms with van der Waals surface area (Å²) >= 11 is 0. The van der Waals surface area contributed by atoms with Crippen molar-refractivity contribution in [3.63, 3.8) is 0 Å². The summed E-state index contributed by atoms with van der Waals surface area (Å²) in [5.41, 5.74) is 0.540. The second kappa shape index (κ2) is 7.30. The molecule has 8 heteroatoms. The molecule has 2 aromatic rings. The number of benzene rings is 1. The summed E-state index contributed by atoms with van der Waals surface area (Å²) in [5, 5.41) is 2.62. The fraction of sp³-hybridized carbons (Fsp3) is 0.267. The topological polar surface area (TPSA) is 92.3 Å². The lowest BCUT2D eigenvalue weighted by Gasteiger charge is -2.18. The van der Waals surface area contributed by atoms with E-state index in [9.17, 15) is 13.2 Å². The fourth-order valence-electron chi connectivity index (χ4n) is 2.06. The van der Waals surface area contributed by atoms with E-state index in [-0.39, 0.29) is 10.6 Å². The largest absolute Gasteiger partial charge is 0.321 e. The van der Waals surface area contributed by atoms with Crippen molar-refractivity contribution >= 4 is 21.6 Å². The monoisotopic (exact) mass is 334 g/mol. The third-order valence-electron chi connectivity index (χ3n) is 3.23. The maximum Gasteiger partial charge on any atom is 0.275 e. The molecule has 0 bridgehead atoms. The van der Waals surface area contributed by atoms with Crippen molar-refractivity contribution in [2.24, 2.45) is 0 Å². The minimum Gasteiger partial charge on any atom is -0.321 e. The molecule has 0 fully saturated rings. The zero-order valence-corrected chi connectivity index (χ0v) is 13.7. The molecule has 1 N–H and O–H groups in total. The van der Waals surface area contributed by atoms with E-state index in [4.69, 9.17) is 0 Å². The average molecular weight is 334 g/mol. The van der Waals surface area contributed by atoms with Crippen LogP contribution in [0.2, 0.25) is 0 Å². The van der Waals surface area contributed by atoms with Crippen molar-refractivity contribution in [2.45, 2.75) is 18.7 Å². The maximum absolute atomic E-state index is 12.5. The van der Waals surface area contributed by atoms with E-state index < -0.39 is 15.9 Å². The van der Waals surface area contributed by atoms with Gasteiger partial charge in [-0.05, 0) is 18.2 Å². The number of aromatic nitrogens is 2. The number of nitrogens with zero attached hydrogens (tertiary/aromatic N) is 3. The van der Waals surface area contributed by atoms with Crippen molar-refractivity contribution in [3.05, 3.63) is 48.5 Å². The first-order valence-electron chi connectivity index (χ1n) is 7.16. The molecule has 0 radical (unpaired) electrons. The molecule has 0 aliphatic rings. The number of hydrogen-bond donors (Lipinski definition) is 1. The van der Waals surface area contributed by atoms with Crippen LogP contribution in [0.5, 0.6) is 0 Å². The van der Waals surface area contributed by atoms with Gasteiger partial charge in [-0.1, -0.05) is 19.9 Å². The minimum absolute atomic E-state index is 0.137. The summed E-state index contributed by atoms with van der Waals surface area (Å²) in [4.78, 5) is 19.9. The number of sulfonamides is 1. The molecule has 0 saturated carbocycles. The molecule has 1 aromatic carbocycles. The van der Waals surface area contributed by atoms with Crippen LogP contribution in [0, 0.1) is 0 Å². The maximum atomic E-state index is 12.5. The number of carbonyl (C=O) groups is 1. The molecule has 23 heavy (non-hydrogen) atoms. The highest BCUT2D eigenvalue weighted by Gasteiger charge is 2.22. The summed E-state index contributed by atoms with van der Waals surface area (Å²) in [6.07, 6.45) is 4.22. The molecule has 0 saturated heterocycles. The molecule has 7 nitrogen and oxygen atoms in total. The second-order valence-electron chi connectivity index (χ2n) is 4.66. The first-order valence-corrected chi connectivity index (χ1v) is 8.60. The van der Waals surface area contributed by atoms with Crippen LogP contribution in [-0.2, 0) is 10.0 Å². The number of hydrogen-bond acceptors (Lipinski definition) is 5. The van der Waals surface area contributed by atoms with E-state index in [0.717, 1.165) is 0 Å². The van der Waals surface area contributed by atoms with E-state index in [0.29, 0.717) is 18.8 Å². The molecule has 0 spiro atoms. The van der Waals surface area contributed by atoms with Crippen LogP contribution < -0.4 is 5.32 Å². The zero-order valence-electron chi connectivity index (χ0n) is 12.9. The quantitative estimate of drug-likeness (QED) is 0.869. The molecule has 1 aromatic heterocycles. The van der Waals surface area contributed by atoms with Crippen LogP contribution >= 0.6 is 0 Å². The summed E-state index contributed by atoms with van der Waals surface area (Å²) in [5.74, 6) is -0.449. The van der Waals surface area contributed by atoms with Gasteiger partial charge in [0, 0.05) is 31.2 Å². The van der Waals surface area contributed by atoms with Crippen molar-refractivity contribution in [2.75, 3.05) is 18.4 Å². The van der Waals surface area contributed by atoms with E-state index in [2.05, 4.69) is 15.3 Å². The van der Waals surface area contributed by atoms with E-state index >= 15 is 0 Å². The van der Waals surface area contributed by atoms with Crippen LogP contribution in [0.1, 0.15) is 24.3 Å². The van der Waals surface area contributed by atoms with Crippen LogP contribution in [-0.4, -0.2) is 41.7 Å². The molecular formula is C15H18N4O3S. The normalized spacial score (nSPS) is 11.4. The summed E-state index contributed by atoms with van der Waals surface area (Å²) in [7, 11) is -3.57. The van der Waals surface area contributed by atoms with Gasteiger partial charge < -0.3 is 5.32 Å². The van der Waals surface area contributed by atoms with Crippen LogP contribution in [0.25, 0.3) is 0 Å². The van der Waals surface area contributed by atoms with Gasteiger partial charge in [-0.15, -0.1) is 0 Å². The number of carbonyl (C=O) groups excluding carboxylic acids is 1. The van der Waals surface area contributed by atoms with Gasteiger partial charge in [0.05, 0.1) is 11.1 Å². The van der Waals surface area contributed by atoms with E-state index in [1.165, 1.54) is 35.0 Å². The van der Waals surface area contributed by atoms with Gasteiger partial charge in [0.15, 0.2) is 0 Å². The molecule has 0 unspecified atom stereocenters. The third-order valence-corrected chi connectivity index (χ3v) is 5.28. The van der Waals surface area contributed by atoms with Gasteiger partial charge in [0.1, 0.15) is 5.69 Å². The fourth-order valence-corrected chi connectivity index (χ4v) is 3.56. The summed E-state index contributed by atoms with van der Waals surface area (Å²) < 4.78 is 26.3. The highest BCUT2D eigenvalue weighted by molar-refractivity contribution is 7.89.